The van der Waals surface area contributed by atoms with E-state index in [4.69, 9.17) is 11.6 Å². The first-order chi connectivity index (χ1) is 14.6. The van der Waals surface area contributed by atoms with Crippen LogP contribution in [0.2, 0.25) is 5.02 Å². The van der Waals surface area contributed by atoms with Crippen molar-refractivity contribution >= 4 is 33.9 Å². The topological polar surface area (TPSA) is 76.9 Å². The lowest BCUT2D eigenvalue weighted by molar-refractivity contribution is -0.111. The monoisotopic (exact) mass is 428 g/mol. The van der Waals surface area contributed by atoms with E-state index in [0.29, 0.717) is 21.7 Å². The Kier molecular flexibility index (Phi) is 4.88. The Bertz CT molecular complexity index is 1380. The minimum atomic E-state index is -0.485. The van der Waals surface area contributed by atoms with Crippen molar-refractivity contribution in [1.82, 2.24) is 4.98 Å². The summed E-state index contributed by atoms with van der Waals surface area (Å²) in [7, 11) is 0. The summed E-state index contributed by atoms with van der Waals surface area (Å²) in [6, 6.07) is 13.0. The fourth-order valence-electron chi connectivity index (χ4n) is 4.00. The van der Waals surface area contributed by atoms with E-state index in [9.17, 15) is 15.2 Å². The zero-order valence-corrected chi connectivity index (χ0v) is 18.3. The smallest absolute Gasteiger partial charge is 0.201 e. The minimum Gasteiger partial charge on any atom is -0.506 e. The van der Waals surface area contributed by atoms with Crippen LogP contribution in [-0.2, 0) is 10.2 Å². The number of aliphatic hydroxyl groups is 1. The van der Waals surface area contributed by atoms with Crippen molar-refractivity contribution in [3.63, 3.8) is 0 Å². The average Bonchev–Trinajstić information content (AvgIpc) is 3.15. The van der Waals surface area contributed by atoms with E-state index in [0.717, 1.165) is 22.0 Å². The number of ketones is 1. The van der Waals surface area contributed by atoms with Crippen LogP contribution in [-0.4, -0.2) is 15.9 Å². The predicted octanol–water partition coefficient (Wildman–Crippen LogP) is 6.31. The first-order valence-corrected chi connectivity index (χ1v) is 10.2. The number of allylic oxidation sites excluding steroid dienone is 4. The second-order valence-corrected chi connectivity index (χ2v) is 8.73. The zero-order valence-electron chi connectivity index (χ0n) is 17.5. The Morgan fingerprint density at radius 2 is 2.00 bits per heavy atom. The van der Waals surface area contributed by atoms with Crippen molar-refractivity contribution in [3.05, 3.63) is 99.4 Å². The number of carbonyl (C=O) groups excluding carboxylic acids is 1. The van der Waals surface area contributed by atoms with Gasteiger partial charge in [0, 0.05) is 33.1 Å². The van der Waals surface area contributed by atoms with E-state index < -0.39 is 5.41 Å². The summed E-state index contributed by atoms with van der Waals surface area (Å²) >= 11 is 6.19. The van der Waals surface area contributed by atoms with Gasteiger partial charge in [-0.05, 0) is 60.0 Å². The number of aliphatic hydroxyl groups excluding tert-OH is 1. The molecule has 0 bridgehead atoms. The molecule has 0 radical (unpaired) electrons. The highest BCUT2D eigenvalue weighted by Gasteiger charge is 2.37. The van der Waals surface area contributed by atoms with Crippen LogP contribution in [0.3, 0.4) is 0 Å². The summed E-state index contributed by atoms with van der Waals surface area (Å²) in [5, 5.41) is 21.3. The lowest BCUT2D eigenvalue weighted by Crippen LogP contribution is -2.24. The number of aromatic nitrogens is 1. The van der Waals surface area contributed by atoms with Gasteiger partial charge < -0.3 is 10.1 Å². The molecule has 2 aromatic carbocycles. The number of halogens is 1. The molecule has 31 heavy (non-hydrogen) atoms. The lowest BCUT2D eigenvalue weighted by atomic mass is 9.74. The molecule has 0 atom stereocenters. The number of rotatable bonds is 4. The molecule has 0 unspecified atom stereocenters. The number of hydrogen-bond donors (Lipinski definition) is 2. The highest BCUT2D eigenvalue weighted by molar-refractivity contribution is 6.40. The summed E-state index contributed by atoms with van der Waals surface area (Å²) in [6.07, 6.45) is 3.33. The lowest BCUT2D eigenvalue weighted by Gasteiger charge is -2.30. The molecule has 0 amide bonds. The molecule has 0 spiro atoms. The highest BCUT2D eigenvalue weighted by Crippen LogP contribution is 2.42. The van der Waals surface area contributed by atoms with Gasteiger partial charge in [0.25, 0.3) is 0 Å². The summed E-state index contributed by atoms with van der Waals surface area (Å²) in [4.78, 5) is 16.0. The Labute approximate surface area is 185 Å². The Morgan fingerprint density at radius 3 is 2.68 bits per heavy atom. The van der Waals surface area contributed by atoms with Crippen LogP contribution in [0.1, 0.15) is 36.1 Å². The highest BCUT2D eigenvalue weighted by atomic mass is 35.5. The van der Waals surface area contributed by atoms with Gasteiger partial charge in [-0.1, -0.05) is 38.1 Å². The van der Waals surface area contributed by atoms with Crippen molar-refractivity contribution in [2.45, 2.75) is 26.2 Å². The molecule has 3 aromatic rings. The predicted molar refractivity (Wildman–Crippen MR) is 124 cm³/mol. The van der Waals surface area contributed by atoms with Gasteiger partial charge in [0.15, 0.2) is 0 Å². The van der Waals surface area contributed by atoms with E-state index in [1.54, 1.807) is 30.5 Å². The van der Waals surface area contributed by atoms with Crippen molar-refractivity contribution in [2.24, 2.45) is 0 Å². The van der Waals surface area contributed by atoms with Crippen molar-refractivity contribution in [3.8, 4) is 6.07 Å². The molecule has 0 saturated carbocycles. The molecule has 5 heteroatoms. The van der Waals surface area contributed by atoms with E-state index in [-0.39, 0.29) is 22.7 Å². The minimum absolute atomic E-state index is 0.0620. The number of aryl methyl sites for hydroxylation is 1. The normalized spacial score (nSPS) is 15.3. The molecule has 0 fully saturated rings. The van der Waals surface area contributed by atoms with Gasteiger partial charge >= 0.3 is 0 Å². The fraction of sp³-hybridized carbons (Fsp3) is 0.154. The first-order valence-electron chi connectivity index (χ1n) is 9.82. The maximum absolute atomic E-state index is 13.0. The zero-order chi connectivity index (χ0) is 22.5. The average molecular weight is 429 g/mol. The summed E-state index contributed by atoms with van der Waals surface area (Å²) in [5.74, 6) is -0.312. The number of H-pyrrole nitrogens is 1. The molecular weight excluding hydrogens is 408 g/mol. The SMILES string of the molecule is C=C(/C=C1/C(=O)C(c2c[nH]c3ccc(C#N)cc23)=C1O)C(C)(C)c1cc(Cl)ccc1C. The van der Waals surface area contributed by atoms with Crippen LogP contribution in [0.4, 0.5) is 0 Å². The van der Waals surface area contributed by atoms with Crippen LogP contribution in [0, 0.1) is 18.3 Å². The molecule has 2 N–H and O–H groups in total. The van der Waals surface area contributed by atoms with Crippen molar-refractivity contribution < 1.29 is 9.90 Å². The largest absolute Gasteiger partial charge is 0.506 e. The van der Waals surface area contributed by atoms with Gasteiger partial charge in [0.1, 0.15) is 5.76 Å². The third-order valence-electron chi connectivity index (χ3n) is 6.04. The molecule has 4 nitrogen and oxygen atoms in total. The van der Waals surface area contributed by atoms with Gasteiger partial charge in [-0.15, -0.1) is 0 Å². The second kappa shape index (κ2) is 7.30. The quantitative estimate of drug-likeness (QED) is 0.478. The number of fused-ring (bicyclic) bond motifs is 1. The van der Waals surface area contributed by atoms with Crippen LogP contribution < -0.4 is 0 Å². The van der Waals surface area contributed by atoms with Crippen LogP contribution in [0.15, 0.2) is 72.2 Å². The van der Waals surface area contributed by atoms with Gasteiger partial charge in [-0.3, -0.25) is 4.79 Å². The summed E-state index contributed by atoms with van der Waals surface area (Å²) < 4.78 is 0. The molecule has 4 rings (SSSR count). The number of nitrogens with one attached hydrogen (secondary N) is 1. The number of benzene rings is 2. The van der Waals surface area contributed by atoms with Crippen molar-refractivity contribution in [2.75, 3.05) is 0 Å². The van der Waals surface area contributed by atoms with Crippen LogP contribution >= 0.6 is 11.6 Å². The molecule has 1 aliphatic carbocycles. The second-order valence-electron chi connectivity index (χ2n) is 8.29. The number of nitriles is 1. The number of nitrogens with zero attached hydrogens (tertiary/aromatic N) is 1. The molecule has 0 saturated heterocycles. The molecule has 1 aromatic heterocycles. The molecule has 1 aliphatic rings. The standard InChI is InChI=1S/C26H21ClN2O2/c1-14-5-7-17(27)11-21(14)26(3,4)15(2)9-19-24(30)23(25(19)31)20-13-29-22-8-6-16(12-28)10-18(20)22/h5-11,13,29-30H,2H2,1,3-4H3/b19-9+. The van der Waals surface area contributed by atoms with Crippen LogP contribution in [0.25, 0.3) is 16.5 Å². The van der Waals surface area contributed by atoms with Gasteiger partial charge in [0.2, 0.25) is 5.78 Å². The molecule has 0 aliphatic heterocycles. The number of hydrogen-bond acceptors (Lipinski definition) is 3. The molecular formula is C26H21ClN2O2. The number of aromatic amines is 1. The molecule has 154 valence electrons. The fourth-order valence-corrected chi connectivity index (χ4v) is 4.17. The Balaban J connectivity index is 1.73. The first kappa shape index (κ1) is 20.7. The van der Waals surface area contributed by atoms with Crippen LogP contribution in [0.5, 0.6) is 0 Å². The number of carbonyl (C=O) groups is 1. The maximum Gasteiger partial charge on any atom is 0.201 e. The third kappa shape index (κ3) is 3.28. The van der Waals surface area contributed by atoms with E-state index in [1.165, 1.54) is 0 Å². The van der Waals surface area contributed by atoms with Crippen molar-refractivity contribution in [1.29, 1.82) is 5.26 Å². The van der Waals surface area contributed by atoms with Gasteiger partial charge in [-0.2, -0.15) is 5.26 Å². The molecule has 1 heterocycles. The van der Waals surface area contributed by atoms with E-state index in [2.05, 4.69) is 17.6 Å². The Hall–Kier alpha value is -3.55. The maximum atomic E-state index is 13.0. The van der Waals surface area contributed by atoms with E-state index >= 15 is 0 Å². The number of Topliss-reactive ketones (excluding diaryl/α,β-unsaturated/α-hetero) is 1. The third-order valence-corrected chi connectivity index (χ3v) is 6.27. The summed E-state index contributed by atoms with van der Waals surface area (Å²) in [6.45, 7) is 10.2. The van der Waals surface area contributed by atoms with Gasteiger partial charge in [0.05, 0.1) is 22.8 Å². The summed E-state index contributed by atoms with van der Waals surface area (Å²) in [5.41, 5.74) is 4.64. The van der Waals surface area contributed by atoms with Gasteiger partial charge in [-0.25, -0.2) is 0 Å². The Morgan fingerprint density at radius 1 is 1.26 bits per heavy atom. The van der Waals surface area contributed by atoms with E-state index in [1.807, 2.05) is 39.0 Å².